The highest BCUT2D eigenvalue weighted by molar-refractivity contribution is 6.30. The first-order valence-corrected chi connectivity index (χ1v) is 11.3. The Morgan fingerprint density at radius 2 is 1.82 bits per heavy atom. The van der Waals surface area contributed by atoms with Crippen LogP contribution in [-0.2, 0) is 9.53 Å². The average molecular weight is 471 g/mol. The number of hydrogen-bond acceptors (Lipinski definition) is 5. The molecule has 0 aliphatic carbocycles. The number of ether oxygens (including phenoxy) is 2. The van der Waals surface area contributed by atoms with E-state index in [2.05, 4.69) is 4.98 Å². The number of fused-ring (bicyclic) bond motifs is 1. The van der Waals surface area contributed by atoms with Gasteiger partial charge in [0.2, 0.25) is 5.91 Å². The van der Waals surface area contributed by atoms with Gasteiger partial charge in [0.25, 0.3) is 0 Å². The van der Waals surface area contributed by atoms with Crippen molar-refractivity contribution in [2.75, 3.05) is 39.9 Å². The van der Waals surface area contributed by atoms with Crippen molar-refractivity contribution in [1.82, 2.24) is 19.2 Å². The van der Waals surface area contributed by atoms with Gasteiger partial charge in [-0.05, 0) is 25.1 Å². The van der Waals surface area contributed by atoms with Crippen molar-refractivity contribution in [3.05, 3.63) is 65.1 Å². The number of imidazole rings is 1. The van der Waals surface area contributed by atoms with Crippen molar-refractivity contribution in [3.63, 3.8) is 0 Å². The monoisotopic (exact) mass is 470 g/mol. The Kier molecular flexibility index (Phi) is 7.03. The number of rotatable bonds is 6. The molecule has 3 heterocycles. The second-order valence-electron chi connectivity index (χ2n) is 7.82. The number of pyridine rings is 1. The van der Waals surface area contributed by atoms with Crippen molar-refractivity contribution in [2.24, 2.45) is 0 Å². The normalized spacial score (nSPS) is 14.9. The van der Waals surface area contributed by atoms with Crippen LogP contribution in [0.2, 0.25) is 5.02 Å². The minimum Gasteiger partial charge on any atom is -0.496 e. The van der Waals surface area contributed by atoms with Gasteiger partial charge in [-0.25, -0.2) is 9.78 Å². The maximum Gasteiger partial charge on any atom is 0.409 e. The first-order chi connectivity index (χ1) is 16.0. The zero-order chi connectivity index (χ0) is 23.4. The number of aromatic nitrogens is 2. The fraction of sp³-hybridized carbons (Fsp3) is 0.375. The first kappa shape index (κ1) is 22.9. The van der Waals surface area contributed by atoms with Crippen molar-refractivity contribution in [2.45, 2.75) is 19.3 Å². The van der Waals surface area contributed by atoms with E-state index in [1.54, 1.807) is 36.1 Å². The molecule has 2 amide bonds. The molecule has 0 spiro atoms. The SMILES string of the molecule is CCOC(=O)N1CCN(C(=O)CC(c2ccccc2OC)c2cnc3ccc(Cl)cn23)CC1. The number of amides is 2. The smallest absolute Gasteiger partial charge is 0.409 e. The van der Waals surface area contributed by atoms with Crippen LogP contribution < -0.4 is 4.74 Å². The standard InChI is InChI=1S/C24H27ClN4O4/c1-3-33-24(31)28-12-10-27(11-13-28)23(30)14-19(18-6-4-5-7-21(18)32-2)20-15-26-22-9-8-17(25)16-29(20)22/h4-9,15-16,19H,3,10-14H2,1-2H3. The van der Waals surface area contributed by atoms with E-state index in [-0.39, 0.29) is 24.3 Å². The van der Waals surface area contributed by atoms with E-state index in [0.29, 0.717) is 43.6 Å². The molecule has 4 rings (SSSR count). The van der Waals surface area contributed by atoms with Gasteiger partial charge in [0, 0.05) is 56.5 Å². The molecule has 174 valence electrons. The van der Waals surface area contributed by atoms with Gasteiger partial charge in [-0.1, -0.05) is 29.8 Å². The number of methoxy groups -OCH3 is 1. The van der Waals surface area contributed by atoms with Gasteiger partial charge in [-0.2, -0.15) is 0 Å². The molecule has 0 N–H and O–H groups in total. The second kappa shape index (κ2) is 10.1. The lowest BCUT2D eigenvalue weighted by atomic mass is 9.91. The molecular formula is C24H27ClN4O4. The molecule has 0 radical (unpaired) electrons. The molecule has 1 fully saturated rings. The van der Waals surface area contributed by atoms with Crippen LogP contribution in [0.3, 0.4) is 0 Å². The zero-order valence-corrected chi connectivity index (χ0v) is 19.5. The lowest BCUT2D eigenvalue weighted by Gasteiger charge is -2.34. The molecule has 33 heavy (non-hydrogen) atoms. The summed E-state index contributed by atoms with van der Waals surface area (Å²) in [6.07, 6.45) is 3.50. The number of nitrogens with zero attached hydrogens (tertiary/aromatic N) is 4. The summed E-state index contributed by atoms with van der Waals surface area (Å²) in [6, 6.07) is 11.3. The molecule has 0 bridgehead atoms. The maximum atomic E-state index is 13.4. The highest BCUT2D eigenvalue weighted by Gasteiger charge is 2.30. The van der Waals surface area contributed by atoms with E-state index in [9.17, 15) is 9.59 Å². The van der Waals surface area contributed by atoms with E-state index in [1.165, 1.54) is 0 Å². The fourth-order valence-corrected chi connectivity index (χ4v) is 4.38. The fourth-order valence-electron chi connectivity index (χ4n) is 4.22. The van der Waals surface area contributed by atoms with E-state index in [0.717, 1.165) is 16.9 Å². The van der Waals surface area contributed by atoms with Gasteiger partial charge in [-0.15, -0.1) is 0 Å². The Morgan fingerprint density at radius 1 is 1.09 bits per heavy atom. The van der Waals surface area contributed by atoms with Crippen molar-refractivity contribution in [1.29, 1.82) is 0 Å². The summed E-state index contributed by atoms with van der Waals surface area (Å²) in [5.41, 5.74) is 2.51. The zero-order valence-electron chi connectivity index (χ0n) is 18.7. The van der Waals surface area contributed by atoms with Crippen molar-refractivity contribution >= 4 is 29.2 Å². The number of carbonyl (C=O) groups excluding carboxylic acids is 2. The van der Waals surface area contributed by atoms with Gasteiger partial charge in [0.1, 0.15) is 11.4 Å². The molecule has 1 unspecified atom stereocenters. The average Bonchev–Trinajstić information content (AvgIpc) is 3.25. The van der Waals surface area contributed by atoms with Crippen LogP contribution in [-0.4, -0.2) is 71.1 Å². The van der Waals surface area contributed by atoms with Crippen LogP contribution in [0.15, 0.2) is 48.8 Å². The van der Waals surface area contributed by atoms with Gasteiger partial charge >= 0.3 is 6.09 Å². The van der Waals surface area contributed by atoms with E-state index < -0.39 is 0 Å². The van der Waals surface area contributed by atoms with Crippen LogP contribution in [0.25, 0.3) is 5.65 Å². The summed E-state index contributed by atoms with van der Waals surface area (Å²) in [5, 5.41) is 0.585. The Balaban J connectivity index is 1.60. The number of hydrogen-bond donors (Lipinski definition) is 0. The summed E-state index contributed by atoms with van der Waals surface area (Å²) in [4.78, 5) is 33.3. The minimum atomic E-state index is -0.334. The largest absolute Gasteiger partial charge is 0.496 e. The molecular weight excluding hydrogens is 444 g/mol. The van der Waals surface area contributed by atoms with Crippen molar-refractivity contribution < 1.29 is 19.1 Å². The molecule has 1 aromatic carbocycles. The summed E-state index contributed by atoms with van der Waals surface area (Å²) < 4.78 is 12.6. The molecule has 9 heteroatoms. The third-order valence-corrected chi connectivity index (χ3v) is 6.13. The molecule has 3 aromatic rings. The summed E-state index contributed by atoms with van der Waals surface area (Å²) >= 11 is 6.26. The van der Waals surface area contributed by atoms with Gasteiger partial charge < -0.3 is 23.7 Å². The Hall–Kier alpha value is -3.26. The highest BCUT2D eigenvalue weighted by atomic mass is 35.5. The number of halogens is 1. The topological polar surface area (TPSA) is 76.4 Å². The van der Waals surface area contributed by atoms with Crippen LogP contribution in [0, 0.1) is 0 Å². The summed E-state index contributed by atoms with van der Waals surface area (Å²) in [6.45, 7) is 3.96. The van der Waals surface area contributed by atoms with E-state index in [1.807, 2.05) is 40.9 Å². The quantitative estimate of drug-likeness (QED) is 0.547. The third kappa shape index (κ3) is 4.90. The summed E-state index contributed by atoms with van der Waals surface area (Å²) in [5.74, 6) is 0.427. The Labute approximate surface area is 197 Å². The van der Waals surface area contributed by atoms with Crippen LogP contribution in [0.4, 0.5) is 4.79 Å². The maximum absolute atomic E-state index is 13.4. The van der Waals surface area contributed by atoms with Gasteiger partial charge in [0.05, 0.1) is 24.4 Å². The van der Waals surface area contributed by atoms with E-state index >= 15 is 0 Å². The van der Waals surface area contributed by atoms with Crippen LogP contribution >= 0.6 is 11.6 Å². The van der Waals surface area contributed by atoms with Crippen LogP contribution in [0.5, 0.6) is 5.75 Å². The second-order valence-corrected chi connectivity index (χ2v) is 8.26. The molecule has 1 aliphatic rings. The van der Waals surface area contributed by atoms with Crippen LogP contribution in [0.1, 0.15) is 30.5 Å². The predicted octanol–water partition coefficient (Wildman–Crippen LogP) is 3.82. The lowest BCUT2D eigenvalue weighted by Crippen LogP contribution is -2.51. The number of benzene rings is 1. The highest BCUT2D eigenvalue weighted by Crippen LogP contribution is 2.35. The first-order valence-electron chi connectivity index (χ1n) is 11.0. The Morgan fingerprint density at radius 3 is 2.55 bits per heavy atom. The Bertz CT molecular complexity index is 1140. The summed E-state index contributed by atoms with van der Waals surface area (Å²) in [7, 11) is 1.62. The third-order valence-electron chi connectivity index (χ3n) is 5.91. The molecule has 0 saturated carbocycles. The molecule has 1 aliphatic heterocycles. The molecule has 2 aromatic heterocycles. The van der Waals surface area contributed by atoms with Crippen molar-refractivity contribution in [3.8, 4) is 5.75 Å². The number of para-hydroxylation sites is 1. The van der Waals surface area contributed by atoms with Gasteiger partial charge in [-0.3, -0.25) is 4.79 Å². The number of carbonyl (C=O) groups is 2. The van der Waals surface area contributed by atoms with Gasteiger partial charge in [0.15, 0.2) is 0 Å². The van der Waals surface area contributed by atoms with E-state index in [4.69, 9.17) is 21.1 Å². The predicted molar refractivity (Wildman–Crippen MR) is 125 cm³/mol. The molecule has 1 saturated heterocycles. The molecule has 8 nitrogen and oxygen atoms in total. The molecule has 1 atom stereocenters. The number of piperazine rings is 1. The lowest BCUT2D eigenvalue weighted by molar-refractivity contribution is -0.133. The minimum absolute atomic E-state index is 0.00592.